The number of carbonyl (C=O) groups excluding carboxylic acids is 1. The van der Waals surface area contributed by atoms with Gasteiger partial charge in [-0.25, -0.2) is 9.78 Å². The largest absolute Gasteiger partial charge is 0.477 e. The van der Waals surface area contributed by atoms with E-state index in [4.69, 9.17) is 4.74 Å². The average molecular weight is 363 g/mol. The molecule has 2 aromatic rings. The number of nitrogens with zero attached hydrogens (tertiary/aromatic N) is 3. The van der Waals surface area contributed by atoms with Gasteiger partial charge in [-0.2, -0.15) is 0 Å². The summed E-state index contributed by atoms with van der Waals surface area (Å²) in [6, 6.07) is -0.300. The minimum atomic E-state index is -1.13. The van der Waals surface area contributed by atoms with Crippen molar-refractivity contribution in [1.82, 2.24) is 14.3 Å². The lowest BCUT2D eigenvalue weighted by Gasteiger charge is -2.44. The van der Waals surface area contributed by atoms with Crippen molar-refractivity contribution in [3.05, 3.63) is 28.8 Å². The molecule has 4 rings (SSSR count). The number of methoxy groups -OCH3 is 1. The van der Waals surface area contributed by atoms with Crippen molar-refractivity contribution in [1.29, 1.82) is 0 Å². The number of thiazole rings is 1. The summed E-state index contributed by atoms with van der Waals surface area (Å²) in [6.45, 7) is 1.94. The highest BCUT2D eigenvalue weighted by Crippen LogP contribution is 2.47. The van der Waals surface area contributed by atoms with Gasteiger partial charge in [0, 0.05) is 18.1 Å². The number of β-lactam (4-membered cyclic amide) rings is 1. The summed E-state index contributed by atoms with van der Waals surface area (Å²) in [6.07, 6.45) is 1.25. The van der Waals surface area contributed by atoms with Crippen LogP contribution >= 0.6 is 11.3 Å². The molecule has 8 nitrogen and oxygen atoms in total. The van der Waals surface area contributed by atoms with Crippen molar-refractivity contribution in [2.45, 2.75) is 32.1 Å². The molecule has 1 fully saturated rings. The Bertz CT molecular complexity index is 912. The molecule has 0 aromatic carbocycles. The lowest BCUT2D eigenvalue weighted by Crippen LogP contribution is -2.61. The van der Waals surface area contributed by atoms with Gasteiger partial charge >= 0.3 is 5.97 Å². The van der Waals surface area contributed by atoms with E-state index in [1.54, 1.807) is 20.4 Å². The fraction of sp³-hybridized carbons (Fsp3) is 0.438. The molecule has 0 spiro atoms. The SMILES string of the molecule is COCc1ncn2c(C3=C(C(=O)O)N4C(=O)[C@H]([C@@H](C)O)[C@H]4C3)csc12. The van der Waals surface area contributed by atoms with Crippen molar-refractivity contribution in [3.63, 3.8) is 0 Å². The Balaban J connectivity index is 1.80. The Labute approximate surface area is 147 Å². The van der Waals surface area contributed by atoms with Crippen LogP contribution in [0.25, 0.3) is 10.4 Å². The molecule has 25 heavy (non-hydrogen) atoms. The first-order chi connectivity index (χ1) is 12.0. The van der Waals surface area contributed by atoms with Crippen LogP contribution in [0.15, 0.2) is 17.4 Å². The highest BCUT2D eigenvalue weighted by atomic mass is 32.1. The molecule has 1 saturated heterocycles. The van der Waals surface area contributed by atoms with E-state index in [2.05, 4.69) is 4.98 Å². The summed E-state index contributed by atoms with van der Waals surface area (Å²) in [5.41, 5.74) is 2.12. The highest BCUT2D eigenvalue weighted by Gasteiger charge is 2.57. The third-order valence-corrected chi connectivity index (χ3v) is 5.85. The highest BCUT2D eigenvalue weighted by molar-refractivity contribution is 7.15. The molecule has 9 heteroatoms. The maximum Gasteiger partial charge on any atom is 0.352 e. The zero-order valence-corrected chi connectivity index (χ0v) is 14.5. The van der Waals surface area contributed by atoms with E-state index in [9.17, 15) is 19.8 Å². The second-order valence-electron chi connectivity index (χ2n) is 6.30. The topological polar surface area (TPSA) is 104 Å². The first kappa shape index (κ1) is 16.2. The second-order valence-corrected chi connectivity index (χ2v) is 7.16. The van der Waals surface area contributed by atoms with Crippen molar-refractivity contribution < 1.29 is 24.5 Å². The predicted octanol–water partition coefficient (Wildman–Crippen LogP) is 0.949. The van der Waals surface area contributed by atoms with Gasteiger partial charge in [0.15, 0.2) is 0 Å². The van der Waals surface area contributed by atoms with E-state index in [-0.39, 0.29) is 17.6 Å². The number of carboxylic acids is 1. The summed E-state index contributed by atoms with van der Waals surface area (Å²) in [7, 11) is 1.59. The van der Waals surface area contributed by atoms with Gasteiger partial charge in [-0.1, -0.05) is 0 Å². The van der Waals surface area contributed by atoms with Gasteiger partial charge in [0.2, 0.25) is 5.91 Å². The molecule has 132 valence electrons. The maximum absolute atomic E-state index is 12.3. The summed E-state index contributed by atoms with van der Waals surface area (Å²) < 4.78 is 6.97. The van der Waals surface area contributed by atoms with Gasteiger partial charge in [0.05, 0.1) is 30.4 Å². The van der Waals surface area contributed by atoms with Gasteiger partial charge in [0.1, 0.15) is 22.5 Å². The molecule has 0 bridgehead atoms. The quantitative estimate of drug-likeness (QED) is 0.767. The number of imidazole rings is 1. The molecule has 0 aliphatic carbocycles. The number of aliphatic carboxylic acids is 1. The lowest BCUT2D eigenvalue weighted by atomic mass is 9.83. The molecule has 1 amide bonds. The average Bonchev–Trinajstić information content (AvgIpc) is 3.19. The molecule has 0 saturated carbocycles. The Morgan fingerprint density at radius 1 is 1.56 bits per heavy atom. The van der Waals surface area contributed by atoms with Gasteiger partial charge in [-0.3, -0.25) is 9.20 Å². The van der Waals surface area contributed by atoms with E-state index >= 15 is 0 Å². The number of hydrogen-bond donors (Lipinski definition) is 2. The molecule has 3 atom stereocenters. The zero-order valence-electron chi connectivity index (χ0n) is 13.7. The van der Waals surface area contributed by atoms with Crippen LogP contribution in [0.5, 0.6) is 0 Å². The van der Waals surface area contributed by atoms with E-state index in [0.717, 1.165) is 16.2 Å². The number of rotatable bonds is 5. The van der Waals surface area contributed by atoms with Crippen molar-refractivity contribution in [3.8, 4) is 0 Å². The zero-order chi connectivity index (χ0) is 17.9. The molecule has 2 aliphatic rings. The number of aromatic nitrogens is 2. The van der Waals surface area contributed by atoms with Crippen molar-refractivity contribution in [2.75, 3.05) is 7.11 Å². The molecular formula is C16H17N3O5S. The summed E-state index contributed by atoms with van der Waals surface area (Å²) in [5, 5.41) is 21.4. The Kier molecular flexibility index (Phi) is 3.67. The Hall–Kier alpha value is -2.23. The third-order valence-electron chi connectivity index (χ3n) is 4.86. The molecule has 0 radical (unpaired) electrons. The molecule has 4 heterocycles. The summed E-state index contributed by atoms with van der Waals surface area (Å²) in [4.78, 5) is 30.6. The number of carboxylic acid groups (broad SMARTS) is 1. The summed E-state index contributed by atoms with van der Waals surface area (Å²) in [5.74, 6) is -2.01. The maximum atomic E-state index is 12.3. The minimum absolute atomic E-state index is 0.00796. The predicted molar refractivity (Wildman–Crippen MR) is 88.8 cm³/mol. The number of carbonyl (C=O) groups is 2. The van der Waals surface area contributed by atoms with E-state index in [0.29, 0.717) is 18.6 Å². The van der Waals surface area contributed by atoms with Gasteiger partial charge in [0.25, 0.3) is 0 Å². The van der Waals surface area contributed by atoms with Crippen LogP contribution in [0.1, 0.15) is 24.7 Å². The molecule has 2 N–H and O–H groups in total. The molecular weight excluding hydrogens is 346 g/mol. The van der Waals surface area contributed by atoms with Crippen molar-refractivity contribution >= 4 is 33.6 Å². The summed E-state index contributed by atoms with van der Waals surface area (Å²) >= 11 is 1.46. The van der Waals surface area contributed by atoms with Crippen LogP contribution in [-0.4, -0.2) is 55.6 Å². The van der Waals surface area contributed by atoms with Gasteiger partial charge in [-0.05, 0) is 13.3 Å². The molecule has 0 unspecified atom stereocenters. The number of fused-ring (bicyclic) bond motifs is 2. The fourth-order valence-corrected chi connectivity index (χ4v) is 4.78. The molecule has 2 aliphatic heterocycles. The van der Waals surface area contributed by atoms with Crippen LogP contribution in [0.4, 0.5) is 0 Å². The lowest BCUT2D eigenvalue weighted by molar-refractivity contribution is -0.161. The van der Waals surface area contributed by atoms with Crippen molar-refractivity contribution in [2.24, 2.45) is 5.92 Å². The first-order valence-electron chi connectivity index (χ1n) is 7.86. The number of hydrogen-bond acceptors (Lipinski definition) is 6. The number of aliphatic hydroxyl groups excluding tert-OH is 1. The smallest absolute Gasteiger partial charge is 0.352 e. The Morgan fingerprint density at radius 3 is 2.96 bits per heavy atom. The standard InChI is InChI=1S/C16H17N3O5S/c1-7(20)12-10-3-8(13(16(22)23)19(10)14(12)21)11-5-25-15-9(4-24-2)17-6-18(11)15/h5-7,10,12,20H,3-4H2,1-2H3,(H,22,23)/t7-,10-,12-/m1/s1. The first-order valence-corrected chi connectivity index (χ1v) is 8.74. The number of amides is 1. The van der Waals surface area contributed by atoms with Crippen LogP contribution in [0.2, 0.25) is 0 Å². The van der Waals surface area contributed by atoms with E-state index in [1.807, 2.05) is 9.78 Å². The van der Waals surface area contributed by atoms with Gasteiger partial charge < -0.3 is 19.8 Å². The third kappa shape index (κ3) is 2.16. The fourth-order valence-electron chi connectivity index (χ4n) is 3.79. The normalized spacial score (nSPS) is 24.0. The van der Waals surface area contributed by atoms with Crippen LogP contribution < -0.4 is 0 Å². The van der Waals surface area contributed by atoms with E-state index < -0.39 is 18.0 Å². The second kappa shape index (κ2) is 5.65. The van der Waals surface area contributed by atoms with Gasteiger partial charge in [-0.15, -0.1) is 11.3 Å². The van der Waals surface area contributed by atoms with Crippen LogP contribution in [0.3, 0.4) is 0 Å². The minimum Gasteiger partial charge on any atom is -0.477 e. The van der Waals surface area contributed by atoms with Crippen LogP contribution in [-0.2, 0) is 20.9 Å². The number of ether oxygens (including phenoxy) is 1. The number of aliphatic hydroxyl groups is 1. The molecule has 2 aromatic heterocycles. The Morgan fingerprint density at radius 2 is 2.32 bits per heavy atom. The monoisotopic (exact) mass is 363 g/mol. The van der Waals surface area contributed by atoms with E-state index in [1.165, 1.54) is 16.2 Å². The van der Waals surface area contributed by atoms with Crippen LogP contribution in [0, 0.1) is 5.92 Å².